The number of fused-ring (bicyclic) bond motifs is 1. The van der Waals surface area contributed by atoms with Crippen LogP contribution in [-0.4, -0.2) is 46.0 Å². The summed E-state index contributed by atoms with van der Waals surface area (Å²) in [5, 5.41) is 13.7. The van der Waals surface area contributed by atoms with Crippen LogP contribution in [-0.2, 0) is 11.3 Å². The Morgan fingerprint density at radius 3 is 2.69 bits per heavy atom. The second-order valence-corrected chi connectivity index (χ2v) is 10.7. The van der Waals surface area contributed by atoms with Gasteiger partial charge in [-0.1, -0.05) is 36.9 Å². The highest BCUT2D eigenvalue weighted by molar-refractivity contribution is 8.15. The molecular formula is C26H32N6O2S. The molecule has 3 atom stereocenters. The average molecular weight is 493 g/mol. The zero-order valence-electron chi connectivity index (χ0n) is 20.1. The molecule has 1 saturated carbocycles. The van der Waals surface area contributed by atoms with Crippen LogP contribution >= 0.6 is 11.8 Å². The summed E-state index contributed by atoms with van der Waals surface area (Å²) in [7, 11) is 0. The number of amides is 2. The first-order chi connectivity index (χ1) is 17.0. The maximum Gasteiger partial charge on any atom is 0.286 e. The Balaban J connectivity index is 1.10. The Morgan fingerprint density at radius 1 is 1.14 bits per heavy atom. The van der Waals surface area contributed by atoms with Crippen molar-refractivity contribution < 1.29 is 9.59 Å². The number of nitrogens with zero attached hydrogens (tertiary/aromatic N) is 2. The molecule has 8 nitrogen and oxygen atoms in total. The predicted molar refractivity (Wildman–Crippen MR) is 140 cm³/mol. The van der Waals surface area contributed by atoms with E-state index in [9.17, 15) is 9.59 Å². The minimum atomic E-state index is -0.406. The zero-order valence-corrected chi connectivity index (χ0v) is 20.9. The van der Waals surface area contributed by atoms with Gasteiger partial charge in [-0.25, -0.2) is 0 Å². The third kappa shape index (κ3) is 5.58. The number of allylic oxidation sites excluding steroid dienone is 2. The quantitative estimate of drug-likeness (QED) is 0.469. The van der Waals surface area contributed by atoms with Crippen molar-refractivity contribution in [3.63, 3.8) is 0 Å². The van der Waals surface area contributed by atoms with E-state index in [1.54, 1.807) is 6.21 Å². The number of pyridine rings is 1. The smallest absolute Gasteiger partial charge is 0.286 e. The Bertz CT molecular complexity index is 1170. The van der Waals surface area contributed by atoms with E-state index in [2.05, 4.69) is 62.4 Å². The highest BCUT2D eigenvalue weighted by atomic mass is 32.2. The minimum Gasteiger partial charge on any atom is -0.355 e. The molecule has 1 saturated heterocycles. The SMILES string of the molecule is Cc1cc(CNC2CCC(NC3N=CC=C([C@H](C)C4SC(=O)NC4=O)N3)CC2)c2ccccc2n1. The number of aliphatic imine (C=N–C) groups is 1. The molecule has 2 fully saturated rings. The number of imide groups is 1. The van der Waals surface area contributed by atoms with Crippen molar-refractivity contribution in [3.05, 3.63) is 53.4 Å². The maximum absolute atomic E-state index is 12.1. The molecule has 0 bridgehead atoms. The van der Waals surface area contributed by atoms with E-state index in [4.69, 9.17) is 0 Å². The summed E-state index contributed by atoms with van der Waals surface area (Å²) in [6.45, 7) is 4.87. The largest absolute Gasteiger partial charge is 0.355 e. The molecule has 1 aliphatic carbocycles. The number of rotatable bonds is 7. The zero-order chi connectivity index (χ0) is 24.4. The highest BCUT2D eigenvalue weighted by Gasteiger charge is 2.38. The van der Waals surface area contributed by atoms with Crippen molar-refractivity contribution in [1.82, 2.24) is 26.3 Å². The standard InChI is InChI=1S/C26H32N6O2S/c1-15-13-17(20-5-3-4-6-22(20)29-15)14-28-18-7-9-19(10-8-18)30-25-27-12-11-21(31-25)16(2)23-24(33)32-26(34)35-23/h3-6,11-13,16,18-19,23,25,28,30-31H,7-10,14H2,1-2H3,(H,32,33,34)/t16-,18?,19?,23?,25?/m0/s1. The molecule has 2 amide bonds. The van der Waals surface area contributed by atoms with Crippen LogP contribution in [0.2, 0.25) is 0 Å². The van der Waals surface area contributed by atoms with Gasteiger partial charge >= 0.3 is 0 Å². The van der Waals surface area contributed by atoms with E-state index in [1.165, 1.54) is 10.9 Å². The van der Waals surface area contributed by atoms with Gasteiger partial charge in [-0.3, -0.25) is 30.2 Å². The number of carbonyl (C=O) groups is 2. The van der Waals surface area contributed by atoms with Crippen LogP contribution in [0.3, 0.4) is 0 Å². The number of nitrogens with one attached hydrogen (secondary N) is 4. The average Bonchev–Trinajstić information content (AvgIpc) is 3.20. The Morgan fingerprint density at radius 2 is 1.91 bits per heavy atom. The van der Waals surface area contributed by atoms with Gasteiger partial charge in [0.2, 0.25) is 5.91 Å². The summed E-state index contributed by atoms with van der Waals surface area (Å²) in [6.07, 6.45) is 7.82. The molecule has 1 aromatic heterocycles. The Kier molecular flexibility index (Phi) is 7.17. The molecule has 2 unspecified atom stereocenters. The molecule has 9 heteroatoms. The number of benzene rings is 1. The number of hydrogen-bond acceptors (Lipinski definition) is 8. The van der Waals surface area contributed by atoms with E-state index in [-0.39, 0.29) is 23.4 Å². The van der Waals surface area contributed by atoms with Crippen molar-refractivity contribution in [1.29, 1.82) is 0 Å². The lowest BCUT2D eigenvalue weighted by Crippen LogP contribution is -2.50. The van der Waals surface area contributed by atoms with E-state index >= 15 is 0 Å². The minimum absolute atomic E-state index is 0.102. The van der Waals surface area contributed by atoms with Gasteiger partial charge in [0, 0.05) is 47.5 Å². The van der Waals surface area contributed by atoms with Gasteiger partial charge in [0.25, 0.3) is 5.24 Å². The van der Waals surface area contributed by atoms with Crippen molar-refractivity contribution >= 4 is 40.0 Å². The molecular weight excluding hydrogens is 460 g/mol. The first-order valence-electron chi connectivity index (χ1n) is 12.3. The van der Waals surface area contributed by atoms with Gasteiger partial charge in [0.1, 0.15) is 5.25 Å². The van der Waals surface area contributed by atoms with Crippen molar-refractivity contribution in [2.45, 2.75) is 69.7 Å². The van der Waals surface area contributed by atoms with Gasteiger partial charge < -0.3 is 10.6 Å². The lowest BCUT2D eigenvalue weighted by Gasteiger charge is -2.34. The molecule has 4 N–H and O–H groups in total. The number of thioether (sulfide) groups is 1. The molecule has 35 heavy (non-hydrogen) atoms. The predicted octanol–water partition coefficient (Wildman–Crippen LogP) is 3.36. The molecule has 1 aromatic carbocycles. The number of aryl methyl sites for hydroxylation is 1. The first-order valence-corrected chi connectivity index (χ1v) is 13.2. The summed E-state index contributed by atoms with van der Waals surface area (Å²) in [4.78, 5) is 32.8. The third-order valence-corrected chi connectivity index (χ3v) is 8.28. The second kappa shape index (κ2) is 10.5. The van der Waals surface area contributed by atoms with Gasteiger partial charge in [0.15, 0.2) is 6.29 Å². The number of carbonyl (C=O) groups excluding carboxylic acids is 2. The Labute approximate surface area is 209 Å². The summed E-state index contributed by atoms with van der Waals surface area (Å²) in [6, 6.07) is 11.4. The van der Waals surface area contributed by atoms with Gasteiger partial charge in [-0.15, -0.1) is 0 Å². The molecule has 0 spiro atoms. The molecule has 3 aliphatic rings. The third-order valence-electron chi connectivity index (χ3n) is 7.09. The fourth-order valence-corrected chi connectivity index (χ4v) is 6.07. The monoisotopic (exact) mass is 492 g/mol. The number of hydrogen-bond donors (Lipinski definition) is 4. The highest BCUT2D eigenvalue weighted by Crippen LogP contribution is 2.30. The van der Waals surface area contributed by atoms with Crippen molar-refractivity contribution in [3.8, 4) is 0 Å². The first kappa shape index (κ1) is 24.0. The van der Waals surface area contributed by atoms with Gasteiger partial charge in [-0.2, -0.15) is 0 Å². The van der Waals surface area contributed by atoms with Gasteiger partial charge in [-0.05, 0) is 56.4 Å². The normalized spacial score (nSPS) is 27.4. The van der Waals surface area contributed by atoms with Gasteiger partial charge in [0.05, 0.1) is 5.52 Å². The summed E-state index contributed by atoms with van der Waals surface area (Å²) in [5.41, 5.74) is 4.34. The van der Waals surface area contributed by atoms with Crippen LogP contribution in [0.15, 0.2) is 47.1 Å². The molecule has 184 valence electrons. The lowest BCUT2D eigenvalue weighted by molar-refractivity contribution is -0.119. The van der Waals surface area contributed by atoms with Crippen LogP contribution in [0.5, 0.6) is 0 Å². The number of para-hydroxylation sites is 1. The fraction of sp³-hybridized carbons (Fsp3) is 0.462. The summed E-state index contributed by atoms with van der Waals surface area (Å²) >= 11 is 1.06. The van der Waals surface area contributed by atoms with Crippen LogP contribution in [0, 0.1) is 12.8 Å². The lowest BCUT2D eigenvalue weighted by atomic mass is 9.91. The molecule has 2 aliphatic heterocycles. The van der Waals surface area contributed by atoms with E-state index in [0.717, 1.165) is 60.9 Å². The van der Waals surface area contributed by atoms with Crippen LogP contribution in [0.4, 0.5) is 4.79 Å². The van der Waals surface area contributed by atoms with Crippen molar-refractivity contribution in [2.75, 3.05) is 0 Å². The van der Waals surface area contributed by atoms with E-state index in [0.29, 0.717) is 12.1 Å². The fourth-order valence-electron chi connectivity index (χ4n) is 5.17. The molecule has 5 rings (SSSR count). The van der Waals surface area contributed by atoms with E-state index in [1.807, 2.05) is 19.1 Å². The molecule has 0 radical (unpaired) electrons. The second-order valence-electron chi connectivity index (χ2n) is 9.61. The maximum atomic E-state index is 12.1. The molecule has 3 heterocycles. The van der Waals surface area contributed by atoms with Crippen LogP contribution in [0.25, 0.3) is 10.9 Å². The summed E-state index contributed by atoms with van der Waals surface area (Å²) in [5.74, 6) is -0.321. The Hall–Kier alpha value is -2.75. The van der Waals surface area contributed by atoms with Crippen LogP contribution in [0.1, 0.15) is 43.9 Å². The van der Waals surface area contributed by atoms with E-state index < -0.39 is 5.25 Å². The number of aromatic nitrogens is 1. The van der Waals surface area contributed by atoms with Crippen LogP contribution < -0.4 is 21.3 Å². The molecule has 2 aromatic rings. The summed E-state index contributed by atoms with van der Waals surface area (Å²) < 4.78 is 0. The topological polar surface area (TPSA) is 108 Å². The van der Waals surface area contributed by atoms with Crippen molar-refractivity contribution in [2.24, 2.45) is 10.9 Å².